The molecule has 7 heteroatoms. The van der Waals surface area contributed by atoms with Gasteiger partial charge in [0.25, 0.3) is 0 Å². The predicted octanol–water partition coefficient (Wildman–Crippen LogP) is 2.52. The first-order valence-electron chi connectivity index (χ1n) is 8.01. The summed E-state index contributed by atoms with van der Waals surface area (Å²) < 4.78 is 5.18. The molecule has 1 aromatic carbocycles. The summed E-state index contributed by atoms with van der Waals surface area (Å²) in [4.78, 5) is 9.85. The van der Waals surface area contributed by atoms with Crippen molar-refractivity contribution in [3.63, 3.8) is 0 Å². The van der Waals surface area contributed by atoms with Crippen molar-refractivity contribution in [3.8, 4) is 11.4 Å². The third kappa shape index (κ3) is 3.30. The second-order valence-corrected chi connectivity index (χ2v) is 5.57. The monoisotopic (exact) mass is 327 g/mol. The lowest BCUT2D eigenvalue weighted by Gasteiger charge is -2.15. The van der Waals surface area contributed by atoms with Crippen LogP contribution in [-0.4, -0.2) is 23.4 Å². The molecule has 1 aliphatic carbocycles. The van der Waals surface area contributed by atoms with E-state index in [4.69, 9.17) is 14.8 Å². The Kier molecular flexibility index (Phi) is 4.90. The van der Waals surface area contributed by atoms with E-state index in [0.717, 1.165) is 31.0 Å². The van der Waals surface area contributed by atoms with E-state index in [2.05, 4.69) is 33.1 Å². The Morgan fingerprint density at radius 1 is 1.50 bits per heavy atom. The molecule has 126 valence electrons. The quantitative estimate of drug-likeness (QED) is 0.411. The molecular formula is C17H21N5O2. The number of nitrogens with one attached hydrogen (secondary N) is 3. The molecule has 0 saturated heterocycles. The van der Waals surface area contributed by atoms with Crippen LogP contribution in [0.15, 0.2) is 34.7 Å². The van der Waals surface area contributed by atoms with Crippen molar-refractivity contribution in [2.45, 2.75) is 32.2 Å². The summed E-state index contributed by atoms with van der Waals surface area (Å²) in [5.74, 6) is 1.71. The average molecular weight is 327 g/mol. The molecule has 1 aliphatic rings. The van der Waals surface area contributed by atoms with Crippen molar-refractivity contribution in [1.29, 1.82) is 5.41 Å². The molecule has 1 unspecified atom stereocenters. The normalized spacial score (nSPS) is 16.8. The minimum absolute atomic E-state index is 0.103. The number of aryl methyl sites for hydroxylation is 2. The van der Waals surface area contributed by atoms with Crippen LogP contribution in [0.1, 0.15) is 36.4 Å². The summed E-state index contributed by atoms with van der Waals surface area (Å²) in [5, 5.41) is 14.2. The Morgan fingerprint density at radius 2 is 2.38 bits per heavy atom. The highest BCUT2D eigenvalue weighted by molar-refractivity contribution is 5.72. The first-order valence-corrected chi connectivity index (χ1v) is 8.01. The lowest BCUT2D eigenvalue weighted by Crippen LogP contribution is -2.20. The number of hydrogen-bond acceptors (Lipinski definition) is 7. The number of hydrogen-bond donors (Lipinski definition) is 3. The van der Waals surface area contributed by atoms with Crippen LogP contribution in [0.2, 0.25) is 0 Å². The standard InChI is InChI=1S/C17H21N5O2/c1-3-16-20-17(22-24-16)12-4-6-14-11(8-12)5-7-15(14)21-23-13(9-18)10-19-2/h4,6,8-10,15,18-19,21H,3,5,7H2,1-2H3/b13-10+,18-9?. The Labute approximate surface area is 140 Å². The number of fused-ring (bicyclic) bond motifs is 1. The van der Waals surface area contributed by atoms with Crippen LogP contribution < -0.4 is 10.8 Å². The van der Waals surface area contributed by atoms with Gasteiger partial charge in [-0.15, -0.1) is 5.48 Å². The van der Waals surface area contributed by atoms with Crippen molar-refractivity contribution in [3.05, 3.63) is 47.2 Å². The molecule has 0 fully saturated rings. The van der Waals surface area contributed by atoms with Crippen molar-refractivity contribution < 1.29 is 9.36 Å². The van der Waals surface area contributed by atoms with Crippen molar-refractivity contribution in [2.75, 3.05) is 7.05 Å². The van der Waals surface area contributed by atoms with E-state index in [1.165, 1.54) is 11.1 Å². The molecule has 2 aromatic rings. The molecule has 0 bridgehead atoms. The Balaban J connectivity index is 1.73. The van der Waals surface area contributed by atoms with Gasteiger partial charge in [0.1, 0.15) is 0 Å². The van der Waals surface area contributed by atoms with Crippen LogP contribution in [-0.2, 0) is 17.7 Å². The number of rotatable bonds is 7. The van der Waals surface area contributed by atoms with E-state index in [9.17, 15) is 0 Å². The van der Waals surface area contributed by atoms with Gasteiger partial charge in [0.2, 0.25) is 11.7 Å². The van der Waals surface area contributed by atoms with Gasteiger partial charge in [-0.25, -0.2) is 0 Å². The van der Waals surface area contributed by atoms with Crippen LogP contribution in [0.3, 0.4) is 0 Å². The molecular weight excluding hydrogens is 306 g/mol. The molecule has 3 rings (SSSR count). The number of aromatic nitrogens is 2. The fraction of sp³-hybridized carbons (Fsp3) is 0.353. The van der Waals surface area contributed by atoms with Gasteiger partial charge in [-0.2, -0.15) is 4.98 Å². The fourth-order valence-electron chi connectivity index (χ4n) is 2.78. The van der Waals surface area contributed by atoms with E-state index < -0.39 is 0 Å². The number of benzene rings is 1. The molecule has 0 radical (unpaired) electrons. The first kappa shape index (κ1) is 16.2. The molecule has 3 N–H and O–H groups in total. The highest BCUT2D eigenvalue weighted by Crippen LogP contribution is 2.33. The molecule has 0 saturated carbocycles. The maximum Gasteiger partial charge on any atom is 0.226 e. The Morgan fingerprint density at radius 3 is 3.08 bits per heavy atom. The summed E-state index contributed by atoms with van der Waals surface area (Å²) in [7, 11) is 1.77. The van der Waals surface area contributed by atoms with E-state index in [0.29, 0.717) is 17.5 Å². The summed E-state index contributed by atoms with van der Waals surface area (Å²) in [6.45, 7) is 1.99. The van der Waals surface area contributed by atoms with Crippen molar-refractivity contribution >= 4 is 6.21 Å². The maximum absolute atomic E-state index is 7.30. The summed E-state index contributed by atoms with van der Waals surface area (Å²) >= 11 is 0. The Bertz CT molecular complexity index is 753. The zero-order chi connectivity index (χ0) is 16.9. The minimum atomic E-state index is 0.103. The van der Waals surface area contributed by atoms with Gasteiger partial charge in [0.15, 0.2) is 5.76 Å². The zero-order valence-electron chi connectivity index (χ0n) is 13.8. The first-order chi connectivity index (χ1) is 11.7. The van der Waals surface area contributed by atoms with E-state index in [1.807, 2.05) is 13.0 Å². The second kappa shape index (κ2) is 7.27. The molecule has 0 amide bonds. The summed E-state index contributed by atoms with van der Waals surface area (Å²) in [6, 6.07) is 6.30. The topological polar surface area (TPSA) is 96.1 Å². The van der Waals surface area contributed by atoms with E-state index in [1.54, 1.807) is 13.2 Å². The minimum Gasteiger partial charge on any atom is -0.405 e. The molecule has 24 heavy (non-hydrogen) atoms. The highest BCUT2D eigenvalue weighted by atomic mass is 16.6. The fourth-order valence-corrected chi connectivity index (χ4v) is 2.78. The lowest BCUT2D eigenvalue weighted by atomic mass is 10.0. The van der Waals surface area contributed by atoms with E-state index in [-0.39, 0.29) is 6.04 Å². The molecule has 0 aliphatic heterocycles. The second-order valence-electron chi connectivity index (χ2n) is 5.57. The summed E-state index contributed by atoms with van der Waals surface area (Å²) in [5.41, 5.74) is 6.46. The molecule has 1 heterocycles. The van der Waals surface area contributed by atoms with Gasteiger partial charge < -0.3 is 20.1 Å². The number of hydroxylamine groups is 1. The third-order valence-electron chi connectivity index (χ3n) is 4.00. The molecule has 1 aromatic heterocycles. The SMILES string of the molecule is CCc1nc(-c2ccc3c(c2)CCC3NO/C(C=N)=C/NC)no1. The molecule has 7 nitrogen and oxygen atoms in total. The summed E-state index contributed by atoms with van der Waals surface area (Å²) in [6.07, 6.45) is 5.41. The third-order valence-corrected chi connectivity index (χ3v) is 4.00. The van der Waals surface area contributed by atoms with Gasteiger partial charge in [0.05, 0.1) is 12.3 Å². The Hall–Kier alpha value is -2.67. The van der Waals surface area contributed by atoms with Gasteiger partial charge in [-0.3, -0.25) is 0 Å². The van der Waals surface area contributed by atoms with Crippen LogP contribution in [0, 0.1) is 5.41 Å². The van der Waals surface area contributed by atoms with Gasteiger partial charge in [-0.05, 0) is 30.0 Å². The van der Waals surface area contributed by atoms with Crippen molar-refractivity contribution in [2.24, 2.45) is 0 Å². The zero-order valence-corrected chi connectivity index (χ0v) is 13.8. The largest absolute Gasteiger partial charge is 0.405 e. The van der Waals surface area contributed by atoms with Gasteiger partial charge in [0, 0.05) is 25.2 Å². The van der Waals surface area contributed by atoms with Crippen LogP contribution in [0.5, 0.6) is 0 Å². The predicted molar refractivity (Wildman–Crippen MR) is 90.3 cm³/mol. The average Bonchev–Trinajstić information content (AvgIpc) is 3.25. The highest BCUT2D eigenvalue weighted by Gasteiger charge is 2.24. The lowest BCUT2D eigenvalue weighted by molar-refractivity contribution is 0.0865. The maximum atomic E-state index is 7.30. The van der Waals surface area contributed by atoms with Crippen LogP contribution >= 0.6 is 0 Å². The number of nitrogens with zero attached hydrogens (tertiary/aromatic N) is 2. The smallest absolute Gasteiger partial charge is 0.226 e. The molecule has 1 atom stereocenters. The van der Waals surface area contributed by atoms with E-state index >= 15 is 0 Å². The van der Waals surface area contributed by atoms with Gasteiger partial charge >= 0.3 is 0 Å². The van der Waals surface area contributed by atoms with Crippen LogP contribution in [0.25, 0.3) is 11.4 Å². The van der Waals surface area contributed by atoms with Gasteiger partial charge in [-0.1, -0.05) is 24.2 Å². The van der Waals surface area contributed by atoms with Crippen LogP contribution in [0.4, 0.5) is 0 Å². The number of allylic oxidation sites excluding steroid dienone is 1. The molecule has 0 spiro atoms. The van der Waals surface area contributed by atoms with Crippen molar-refractivity contribution in [1.82, 2.24) is 20.9 Å².